The largest absolute Gasteiger partial charge is 0.494 e. The fourth-order valence-corrected chi connectivity index (χ4v) is 2.46. The van der Waals surface area contributed by atoms with E-state index in [-0.39, 0.29) is 12.5 Å². The molecule has 1 unspecified atom stereocenters. The van der Waals surface area contributed by atoms with E-state index >= 15 is 0 Å². The third kappa shape index (κ3) is 5.61. The van der Waals surface area contributed by atoms with E-state index in [1.54, 1.807) is 12.1 Å². The van der Waals surface area contributed by atoms with Gasteiger partial charge in [-0.2, -0.15) is 0 Å². The van der Waals surface area contributed by atoms with Crippen molar-refractivity contribution in [3.8, 4) is 11.5 Å². The quantitative estimate of drug-likeness (QED) is 0.762. The standard InChI is InChI=1S/C20H25NO3/c1-3-16(17-8-6-5-7-9-17)14-21-20(22)15-24-19-12-10-18(11-13-19)23-4-2/h5-13,16H,3-4,14-15H2,1-2H3,(H,21,22). The summed E-state index contributed by atoms with van der Waals surface area (Å²) in [6.45, 7) is 5.32. The smallest absolute Gasteiger partial charge is 0.257 e. The molecule has 1 amide bonds. The minimum absolute atomic E-state index is 0.0131. The number of carbonyl (C=O) groups is 1. The van der Waals surface area contributed by atoms with Crippen LogP contribution in [0.3, 0.4) is 0 Å². The predicted molar refractivity (Wildman–Crippen MR) is 95.6 cm³/mol. The van der Waals surface area contributed by atoms with E-state index in [0.29, 0.717) is 24.8 Å². The van der Waals surface area contributed by atoms with Crippen LogP contribution in [-0.4, -0.2) is 25.7 Å². The number of amides is 1. The van der Waals surface area contributed by atoms with Crippen LogP contribution in [0, 0.1) is 0 Å². The Hall–Kier alpha value is -2.49. The lowest BCUT2D eigenvalue weighted by Gasteiger charge is -2.16. The highest BCUT2D eigenvalue weighted by Crippen LogP contribution is 2.18. The number of carbonyl (C=O) groups excluding carboxylic acids is 1. The molecule has 1 N–H and O–H groups in total. The van der Waals surface area contributed by atoms with Gasteiger partial charge in [-0.3, -0.25) is 4.79 Å². The maximum absolute atomic E-state index is 12.0. The highest BCUT2D eigenvalue weighted by Gasteiger charge is 2.11. The third-order valence-electron chi connectivity index (χ3n) is 3.81. The summed E-state index contributed by atoms with van der Waals surface area (Å²) in [5, 5.41) is 2.95. The van der Waals surface area contributed by atoms with Crippen molar-refractivity contribution in [2.45, 2.75) is 26.2 Å². The molecule has 2 rings (SSSR count). The molecule has 0 spiro atoms. The van der Waals surface area contributed by atoms with Crippen molar-refractivity contribution < 1.29 is 14.3 Å². The molecule has 24 heavy (non-hydrogen) atoms. The normalized spacial score (nSPS) is 11.6. The number of hydrogen-bond donors (Lipinski definition) is 1. The molecule has 0 radical (unpaired) electrons. The van der Waals surface area contributed by atoms with Gasteiger partial charge in [0.25, 0.3) is 5.91 Å². The van der Waals surface area contributed by atoms with Gasteiger partial charge in [-0.05, 0) is 43.2 Å². The number of rotatable bonds is 9. The number of hydrogen-bond acceptors (Lipinski definition) is 3. The van der Waals surface area contributed by atoms with Gasteiger partial charge < -0.3 is 14.8 Å². The summed E-state index contributed by atoms with van der Waals surface area (Å²) in [4.78, 5) is 12.0. The second kappa shape index (κ2) is 9.60. The van der Waals surface area contributed by atoms with Crippen LogP contribution >= 0.6 is 0 Å². The van der Waals surface area contributed by atoms with Crippen LogP contribution in [0.4, 0.5) is 0 Å². The van der Waals surface area contributed by atoms with Gasteiger partial charge in [-0.25, -0.2) is 0 Å². The molecule has 2 aromatic carbocycles. The highest BCUT2D eigenvalue weighted by molar-refractivity contribution is 5.77. The Labute approximate surface area is 143 Å². The zero-order valence-electron chi connectivity index (χ0n) is 14.3. The van der Waals surface area contributed by atoms with Gasteiger partial charge >= 0.3 is 0 Å². The monoisotopic (exact) mass is 327 g/mol. The van der Waals surface area contributed by atoms with Crippen LogP contribution < -0.4 is 14.8 Å². The summed E-state index contributed by atoms with van der Waals surface area (Å²) < 4.78 is 10.9. The molecule has 0 bridgehead atoms. The Kier molecular flexibility index (Phi) is 7.15. The molecule has 2 aromatic rings. The van der Waals surface area contributed by atoms with Crippen molar-refractivity contribution in [1.82, 2.24) is 5.32 Å². The number of ether oxygens (including phenoxy) is 2. The summed E-state index contributed by atoms with van der Waals surface area (Å²) in [5.74, 6) is 1.66. The molecular formula is C20H25NO3. The fraction of sp³-hybridized carbons (Fsp3) is 0.350. The number of benzene rings is 2. The number of nitrogens with one attached hydrogen (secondary N) is 1. The summed E-state index contributed by atoms with van der Waals surface area (Å²) in [6.07, 6.45) is 0.976. The van der Waals surface area contributed by atoms with E-state index in [1.807, 2.05) is 37.3 Å². The molecular weight excluding hydrogens is 302 g/mol. The van der Waals surface area contributed by atoms with E-state index in [4.69, 9.17) is 9.47 Å². The summed E-state index contributed by atoms with van der Waals surface area (Å²) in [7, 11) is 0. The summed E-state index contributed by atoms with van der Waals surface area (Å²) in [6, 6.07) is 17.5. The van der Waals surface area contributed by atoms with E-state index in [9.17, 15) is 4.79 Å². The molecule has 1 atom stereocenters. The Bertz CT molecular complexity index is 611. The van der Waals surface area contributed by atoms with Gasteiger partial charge in [0.1, 0.15) is 11.5 Å². The van der Waals surface area contributed by atoms with Crippen molar-refractivity contribution in [3.63, 3.8) is 0 Å². The van der Waals surface area contributed by atoms with E-state index in [1.165, 1.54) is 5.56 Å². The first-order chi connectivity index (χ1) is 11.7. The van der Waals surface area contributed by atoms with Gasteiger partial charge in [-0.15, -0.1) is 0 Å². The van der Waals surface area contributed by atoms with Crippen LogP contribution in [0.2, 0.25) is 0 Å². The predicted octanol–water partition coefficient (Wildman–Crippen LogP) is 3.77. The van der Waals surface area contributed by atoms with E-state index in [2.05, 4.69) is 24.4 Å². The van der Waals surface area contributed by atoms with Gasteiger partial charge in [0, 0.05) is 12.5 Å². The maximum Gasteiger partial charge on any atom is 0.257 e. The van der Waals surface area contributed by atoms with Gasteiger partial charge in [0.15, 0.2) is 6.61 Å². The Balaban J connectivity index is 1.76. The second-order valence-electron chi connectivity index (χ2n) is 5.51. The minimum Gasteiger partial charge on any atom is -0.494 e. The average molecular weight is 327 g/mol. The van der Waals surface area contributed by atoms with Crippen molar-refractivity contribution in [2.75, 3.05) is 19.8 Å². The Morgan fingerprint density at radius 1 is 0.958 bits per heavy atom. The zero-order chi connectivity index (χ0) is 17.2. The van der Waals surface area contributed by atoms with Gasteiger partial charge in [-0.1, -0.05) is 37.3 Å². The van der Waals surface area contributed by atoms with E-state index in [0.717, 1.165) is 12.2 Å². The first-order valence-electron chi connectivity index (χ1n) is 8.40. The first-order valence-corrected chi connectivity index (χ1v) is 8.40. The zero-order valence-corrected chi connectivity index (χ0v) is 14.3. The fourth-order valence-electron chi connectivity index (χ4n) is 2.46. The van der Waals surface area contributed by atoms with Crippen molar-refractivity contribution >= 4 is 5.91 Å². The molecule has 128 valence electrons. The summed E-state index contributed by atoms with van der Waals surface area (Å²) >= 11 is 0. The lowest BCUT2D eigenvalue weighted by molar-refractivity contribution is -0.123. The molecule has 0 heterocycles. The van der Waals surface area contributed by atoms with Crippen LogP contribution in [-0.2, 0) is 4.79 Å². The van der Waals surface area contributed by atoms with Gasteiger partial charge in [0.2, 0.25) is 0 Å². The molecule has 4 heteroatoms. The van der Waals surface area contributed by atoms with Crippen LogP contribution in [0.15, 0.2) is 54.6 Å². The van der Waals surface area contributed by atoms with E-state index < -0.39 is 0 Å². The Morgan fingerprint density at radius 2 is 1.58 bits per heavy atom. The lowest BCUT2D eigenvalue weighted by Crippen LogP contribution is -2.32. The molecule has 0 saturated heterocycles. The van der Waals surface area contributed by atoms with Gasteiger partial charge in [0.05, 0.1) is 6.61 Å². The molecule has 0 saturated carbocycles. The second-order valence-corrected chi connectivity index (χ2v) is 5.51. The molecule has 0 aliphatic rings. The van der Waals surface area contributed by atoms with Crippen molar-refractivity contribution in [3.05, 3.63) is 60.2 Å². The molecule has 0 aliphatic carbocycles. The molecule has 4 nitrogen and oxygen atoms in total. The van der Waals surface area contributed by atoms with Crippen LogP contribution in [0.25, 0.3) is 0 Å². The molecule has 0 aromatic heterocycles. The molecule has 0 fully saturated rings. The highest BCUT2D eigenvalue weighted by atomic mass is 16.5. The first kappa shape index (κ1) is 17.9. The van der Waals surface area contributed by atoms with Crippen LogP contribution in [0.1, 0.15) is 31.7 Å². The van der Waals surface area contributed by atoms with Crippen molar-refractivity contribution in [2.24, 2.45) is 0 Å². The third-order valence-corrected chi connectivity index (χ3v) is 3.81. The summed E-state index contributed by atoms with van der Waals surface area (Å²) in [5.41, 5.74) is 1.24. The SMILES string of the molecule is CCOc1ccc(OCC(=O)NCC(CC)c2ccccc2)cc1. The average Bonchev–Trinajstić information content (AvgIpc) is 2.63. The lowest BCUT2D eigenvalue weighted by atomic mass is 9.96. The van der Waals surface area contributed by atoms with Crippen LogP contribution in [0.5, 0.6) is 11.5 Å². The molecule has 0 aliphatic heterocycles. The minimum atomic E-state index is -0.113. The Morgan fingerprint density at radius 3 is 2.17 bits per heavy atom. The topological polar surface area (TPSA) is 47.6 Å². The maximum atomic E-state index is 12.0. The van der Waals surface area contributed by atoms with Crippen molar-refractivity contribution in [1.29, 1.82) is 0 Å².